The third-order valence-electron chi connectivity index (χ3n) is 3.91. The Kier molecular flexibility index (Phi) is 6.83. The fourth-order valence-corrected chi connectivity index (χ4v) is 3.72. The van der Waals surface area contributed by atoms with Crippen molar-refractivity contribution >= 4 is 40.6 Å². The molecule has 7 nitrogen and oxygen atoms in total. The Morgan fingerprint density at radius 2 is 2.00 bits per heavy atom. The normalized spacial score (nSPS) is 10.6. The summed E-state index contributed by atoms with van der Waals surface area (Å²) >= 11 is 2.67. The van der Waals surface area contributed by atoms with Gasteiger partial charge in [-0.3, -0.25) is 9.59 Å². The molecule has 1 aromatic carbocycles. The molecule has 2 aromatic heterocycles. The van der Waals surface area contributed by atoms with Gasteiger partial charge in [-0.2, -0.15) is 0 Å². The second-order valence-electron chi connectivity index (χ2n) is 5.75. The number of hydrogen-bond donors (Lipinski definition) is 1. The highest BCUT2D eigenvalue weighted by molar-refractivity contribution is 7.99. The van der Waals surface area contributed by atoms with E-state index in [1.807, 2.05) is 31.4 Å². The number of thiophene rings is 1. The van der Waals surface area contributed by atoms with Crippen molar-refractivity contribution in [3.63, 3.8) is 0 Å². The van der Waals surface area contributed by atoms with Crippen LogP contribution < -0.4 is 5.32 Å². The second-order valence-corrected chi connectivity index (χ2v) is 7.62. The molecule has 3 aromatic rings. The number of rotatable bonds is 8. The van der Waals surface area contributed by atoms with Gasteiger partial charge < -0.3 is 14.6 Å². The highest BCUT2D eigenvalue weighted by atomic mass is 32.2. The Morgan fingerprint density at radius 3 is 2.71 bits per heavy atom. The molecule has 0 fully saturated rings. The fourth-order valence-electron chi connectivity index (χ4n) is 2.52. The van der Waals surface area contributed by atoms with Gasteiger partial charge in [0.1, 0.15) is 0 Å². The van der Waals surface area contributed by atoms with E-state index in [1.165, 1.54) is 23.1 Å². The summed E-state index contributed by atoms with van der Waals surface area (Å²) in [6, 6.07) is 10.7. The molecule has 1 N–H and O–H groups in total. The van der Waals surface area contributed by atoms with Crippen molar-refractivity contribution in [3.8, 4) is 10.8 Å². The number of aromatic nitrogens is 2. The minimum atomic E-state index is -0.215. The van der Waals surface area contributed by atoms with Crippen LogP contribution in [0.15, 0.2) is 51.4 Å². The lowest BCUT2D eigenvalue weighted by molar-refractivity contribution is -0.113. The SMILES string of the molecule is CCN(CC)C(=O)c1cccc(NC(=O)CSc2nnc(-c3cccs3)o2)c1. The topological polar surface area (TPSA) is 88.3 Å². The number of amides is 2. The molecule has 0 spiro atoms. The number of hydrogen-bond acceptors (Lipinski definition) is 7. The van der Waals surface area contributed by atoms with Gasteiger partial charge in [-0.25, -0.2) is 0 Å². The Hall–Kier alpha value is -2.65. The van der Waals surface area contributed by atoms with E-state index < -0.39 is 0 Å². The largest absolute Gasteiger partial charge is 0.410 e. The summed E-state index contributed by atoms with van der Waals surface area (Å²) < 4.78 is 5.55. The highest BCUT2D eigenvalue weighted by Gasteiger charge is 2.14. The lowest BCUT2D eigenvalue weighted by Crippen LogP contribution is -2.30. The molecule has 0 atom stereocenters. The zero-order chi connectivity index (χ0) is 19.9. The van der Waals surface area contributed by atoms with E-state index in [0.29, 0.717) is 35.5 Å². The molecule has 0 saturated heterocycles. The highest BCUT2D eigenvalue weighted by Crippen LogP contribution is 2.26. The van der Waals surface area contributed by atoms with Crippen LogP contribution in [-0.4, -0.2) is 45.8 Å². The Morgan fingerprint density at radius 1 is 1.18 bits per heavy atom. The molecule has 28 heavy (non-hydrogen) atoms. The first-order chi connectivity index (χ1) is 13.6. The van der Waals surface area contributed by atoms with Crippen LogP contribution in [0.2, 0.25) is 0 Å². The average Bonchev–Trinajstić information content (AvgIpc) is 3.39. The van der Waals surface area contributed by atoms with E-state index in [4.69, 9.17) is 4.42 Å². The maximum absolute atomic E-state index is 12.4. The van der Waals surface area contributed by atoms with Crippen molar-refractivity contribution in [1.29, 1.82) is 0 Å². The van der Waals surface area contributed by atoms with Crippen molar-refractivity contribution in [2.45, 2.75) is 19.1 Å². The van der Waals surface area contributed by atoms with Gasteiger partial charge in [-0.05, 0) is 43.5 Å². The number of benzene rings is 1. The van der Waals surface area contributed by atoms with E-state index in [9.17, 15) is 9.59 Å². The average molecular weight is 417 g/mol. The monoisotopic (exact) mass is 416 g/mol. The first-order valence-corrected chi connectivity index (χ1v) is 10.7. The van der Waals surface area contributed by atoms with Gasteiger partial charge in [0.25, 0.3) is 17.0 Å². The summed E-state index contributed by atoms with van der Waals surface area (Å²) in [5.41, 5.74) is 1.13. The predicted molar refractivity (Wildman–Crippen MR) is 111 cm³/mol. The summed E-state index contributed by atoms with van der Waals surface area (Å²) in [7, 11) is 0. The van der Waals surface area contributed by atoms with Crippen molar-refractivity contribution in [2.75, 3.05) is 24.2 Å². The standard InChI is InChI=1S/C19H20N4O3S2/c1-3-23(4-2)18(25)13-7-5-8-14(11-13)20-16(24)12-28-19-22-21-17(26-19)15-9-6-10-27-15/h5-11H,3-4,12H2,1-2H3,(H,20,24). The van der Waals surface area contributed by atoms with E-state index in [2.05, 4.69) is 15.5 Å². The summed E-state index contributed by atoms with van der Waals surface area (Å²) in [6.45, 7) is 5.15. The molecule has 0 unspecified atom stereocenters. The molecule has 9 heteroatoms. The van der Waals surface area contributed by atoms with E-state index in [1.54, 1.807) is 29.2 Å². The van der Waals surface area contributed by atoms with E-state index >= 15 is 0 Å². The van der Waals surface area contributed by atoms with Crippen molar-refractivity contribution < 1.29 is 14.0 Å². The molecule has 2 amide bonds. The van der Waals surface area contributed by atoms with Crippen LogP contribution in [0.1, 0.15) is 24.2 Å². The maximum atomic E-state index is 12.4. The lowest BCUT2D eigenvalue weighted by atomic mass is 10.1. The second kappa shape index (κ2) is 9.52. The Labute approximate surface area is 171 Å². The fraction of sp³-hybridized carbons (Fsp3) is 0.263. The van der Waals surface area contributed by atoms with Gasteiger partial charge in [0.15, 0.2) is 0 Å². The molecular weight excluding hydrogens is 396 g/mol. The molecule has 0 aliphatic carbocycles. The van der Waals surface area contributed by atoms with Gasteiger partial charge in [0, 0.05) is 24.3 Å². The number of thioether (sulfide) groups is 1. The van der Waals surface area contributed by atoms with Crippen LogP contribution in [0, 0.1) is 0 Å². The van der Waals surface area contributed by atoms with Crippen LogP contribution in [0.25, 0.3) is 10.8 Å². The zero-order valence-electron chi connectivity index (χ0n) is 15.5. The molecule has 146 valence electrons. The minimum Gasteiger partial charge on any atom is -0.410 e. The smallest absolute Gasteiger partial charge is 0.277 e. The maximum Gasteiger partial charge on any atom is 0.277 e. The van der Waals surface area contributed by atoms with Crippen LogP contribution in [0.3, 0.4) is 0 Å². The number of anilines is 1. The summed E-state index contributed by atoms with van der Waals surface area (Å²) in [4.78, 5) is 27.3. The van der Waals surface area contributed by atoms with Gasteiger partial charge >= 0.3 is 0 Å². The number of nitrogens with one attached hydrogen (secondary N) is 1. The quantitative estimate of drug-likeness (QED) is 0.558. The first-order valence-electron chi connectivity index (χ1n) is 8.80. The molecule has 0 radical (unpaired) electrons. The third-order valence-corrected chi connectivity index (χ3v) is 5.59. The zero-order valence-corrected chi connectivity index (χ0v) is 17.2. The molecule has 2 heterocycles. The van der Waals surface area contributed by atoms with Crippen molar-refractivity contribution in [2.24, 2.45) is 0 Å². The Balaban J connectivity index is 1.56. The van der Waals surface area contributed by atoms with Crippen LogP contribution in [0.4, 0.5) is 5.69 Å². The summed E-state index contributed by atoms with van der Waals surface area (Å²) in [5.74, 6) is 0.302. The van der Waals surface area contributed by atoms with E-state index in [-0.39, 0.29) is 17.6 Å². The summed E-state index contributed by atoms with van der Waals surface area (Å²) in [5, 5.41) is 13.0. The van der Waals surface area contributed by atoms with Crippen molar-refractivity contribution in [1.82, 2.24) is 15.1 Å². The Bertz CT molecular complexity index is 936. The molecule has 0 saturated carbocycles. The van der Waals surface area contributed by atoms with Crippen LogP contribution in [-0.2, 0) is 4.79 Å². The summed E-state index contributed by atoms with van der Waals surface area (Å²) in [6.07, 6.45) is 0. The molecule has 3 rings (SSSR count). The van der Waals surface area contributed by atoms with Crippen molar-refractivity contribution in [3.05, 3.63) is 47.3 Å². The number of carbonyl (C=O) groups excluding carboxylic acids is 2. The van der Waals surface area contributed by atoms with Gasteiger partial charge in [0.05, 0.1) is 10.6 Å². The molecule has 0 bridgehead atoms. The first kappa shape index (κ1) is 20.1. The molecule has 0 aliphatic heterocycles. The predicted octanol–water partition coefficient (Wildman–Crippen LogP) is 4.01. The van der Waals surface area contributed by atoms with Crippen LogP contribution >= 0.6 is 23.1 Å². The molecular formula is C19H20N4O3S2. The van der Waals surface area contributed by atoms with E-state index in [0.717, 1.165) is 4.88 Å². The number of carbonyl (C=O) groups is 2. The van der Waals surface area contributed by atoms with Gasteiger partial charge in [0.2, 0.25) is 5.91 Å². The minimum absolute atomic E-state index is 0.0533. The molecule has 0 aliphatic rings. The van der Waals surface area contributed by atoms with Gasteiger partial charge in [-0.1, -0.05) is 23.9 Å². The number of nitrogens with zero attached hydrogens (tertiary/aromatic N) is 3. The third kappa shape index (κ3) is 4.99. The van der Waals surface area contributed by atoms with Crippen LogP contribution in [0.5, 0.6) is 0 Å². The van der Waals surface area contributed by atoms with Gasteiger partial charge in [-0.15, -0.1) is 21.5 Å². The lowest BCUT2D eigenvalue weighted by Gasteiger charge is -2.19.